The summed E-state index contributed by atoms with van der Waals surface area (Å²) in [6.07, 6.45) is 6.20. The maximum atomic E-state index is 13.5. The van der Waals surface area contributed by atoms with Crippen molar-refractivity contribution >= 4 is 58.5 Å². The van der Waals surface area contributed by atoms with E-state index in [1.165, 1.54) is 9.80 Å². The van der Waals surface area contributed by atoms with E-state index in [4.69, 9.17) is 19.2 Å². The lowest BCUT2D eigenvalue weighted by Gasteiger charge is -2.22. The summed E-state index contributed by atoms with van der Waals surface area (Å²) in [6.45, 7) is 0.552. The number of amides is 2. The Morgan fingerprint density at radius 2 is 1.61 bits per heavy atom. The van der Waals surface area contributed by atoms with Gasteiger partial charge in [-0.25, -0.2) is 9.78 Å². The Kier molecular flexibility index (Phi) is 12.0. The molecule has 1 aliphatic heterocycles. The Morgan fingerprint density at radius 3 is 2.28 bits per heavy atom. The second-order valence-electron chi connectivity index (χ2n) is 10.9. The molecule has 0 bridgehead atoms. The highest BCUT2D eigenvalue weighted by atomic mass is 32.1. The minimum atomic E-state index is -0.506. The SMILES string of the molecule is CN(C)C=O.CN(C)C=O.O=C(COC(=O)c1c2c(nc3ccccc13)C(=Cc1cccs1)CCC2)c1ccc2c(c1)OCCO2. The molecular weight excluding hydrogens is 606 g/mol. The van der Waals surface area contributed by atoms with Gasteiger partial charge in [0.25, 0.3) is 0 Å². The minimum Gasteiger partial charge on any atom is -0.486 e. The summed E-state index contributed by atoms with van der Waals surface area (Å²) in [5, 5.41) is 2.79. The Hall–Kier alpha value is -5.03. The van der Waals surface area contributed by atoms with Crippen LogP contribution in [0.5, 0.6) is 11.5 Å². The number of esters is 1. The molecule has 2 aromatic carbocycles. The number of aromatic nitrogens is 1. The number of rotatable bonds is 7. The van der Waals surface area contributed by atoms with E-state index in [0.29, 0.717) is 35.8 Å². The first kappa shape index (κ1) is 33.9. The normalized spacial score (nSPS) is 13.6. The third-order valence-electron chi connectivity index (χ3n) is 6.85. The van der Waals surface area contributed by atoms with Gasteiger partial charge in [-0.05, 0) is 72.2 Å². The van der Waals surface area contributed by atoms with Crippen molar-refractivity contribution in [3.63, 3.8) is 0 Å². The van der Waals surface area contributed by atoms with Gasteiger partial charge in [0.1, 0.15) is 13.2 Å². The van der Waals surface area contributed by atoms with Gasteiger partial charge in [0.15, 0.2) is 23.9 Å². The second kappa shape index (κ2) is 16.3. The monoisotopic (exact) mass is 643 g/mol. The Bertz CT molecular complexity index is 1700. The van der Waals surface area contributed by atoms with Crippen molar-refractivity contribution < 1.29 is 33.4 Å². The van der Waals surface area contributed by atoms with Crippen molar-refractivity contribution in [2.24, 2.45) is 0 Å². The largest absolute Gasteiger partial charge is 0.486 e. The lowest BCUT2D eigenvalue weighted by molar-refractivity contribution is -0.116. The van der Waals surface area contributed by atoms with Crippen LogP contribution in [0.15, 0.2) is 60.0 Å². The molecule has 2 aliphatic rings. The molecule has 11 heteroatoms. The molecule has 240 valence electrons. The molecule has 0 radical (unpaired) electrons. The number of ether oxygens (including phenoxy) is 3. The summed E-state index contributed by atoms with van der Waals surface area (Å²) in [6, 6.07) is 16.7. The van der Waals surface area contributed by atoms with Crippen LogP contribution in [0.3, 0.4) is 0 Å². The molecule has 0 N–H and O–H groups in total. The van der Waals surface area contributed by atoms with Crippen LogP contribution in [-0.4, -0.2) is 87.4 Å². The molecule has 46 heavy (non-hydrogen) atoms. The Morgan fingerprint density at radius 1 is 0.913 bits per heavy atom. The number of nitrogens with zero attached hydrogens (tertiary/aromatic N) is 3. The van der Waals surface area contributed by atoms with E-state index in [1.54, 1.807) is 57.7 Å². The van der Waals surface area contributed by atoms with Crippen LogP contribution >= 0.6 is 11.3 Å². The van der Waals surface area contributed by atoms with Gasteiger partial charge in [0.2, 0.25) is 12.8 Å². The highest BCUT2D eigenvalue weighted by molar-refractivity contribution is 7.10. The first-order valence-electron chi connectivity index (χ1n) is 14.7. The zero-order chi connectivity index (χ0) is 33.1. The first-order chi connectivity index (χ1) is 22.2. The summed E-state index contributed by atoms with van der Waals surface area (Å²) < 4.78 is 16.7. The number of allylic oxidation sites excluding steroid dienone is 1. The number of fused-ring (bicyclic) bond motifs is 3. The average molecular weight is 644 g/mol. The van der Waals surface area contributed by atoms with Gasteiger partial charge in [-0.2, -0.15) is 0 Å². The summed E-state index contributed by atoms with van der Waals surface area (Å²) in [7, 11) is 6.75. The zero-order valence-corrected chi connectivity index (χ0v) is 27.2. The van der Waals surface area contributed by atoms with Crippen molar-refractivity contribution in [3.8, 4) is 11.5 Å². The predicted octanol–water partition coefficient (Wildman–Crippen LogP) is 5.39. The van der Waals surface area contributed by atoms with E-state index in [9.17, 15) is 19.2 Å². The molecule has 6 rings (SSSR count). The number of para-hydroxylation sites is 1. The van der Waals surface area contributed by atoms with Gasteiger partial charge in [-0.1, -0.05) is 24.3 Å². The van der Waals surface area contributed by atoms with Crippen LogP contribution in [-0.2, 0) is 20.7 Å². The number of pyridine rings is 1. The van der Waals surface area contributed by atoms with E-state index >= 15 is 0 Å². The second-order valence-corrected chi connectivity index (χ2v) is 11.8. The van der Waals surface area contributed by atoms with Crippen molar-refractivity contribution in [1.82, 2.24) is 14.8 Å². The highest BCUT2D eigenvalue weighted by Crippen LogP contribution is 2.37. The van der Waals surface area contributed by atoms with Gasteiger partial charge >= 0.3 is 5.97 Å². The fraction of sp³-hybridized carbons (Fsp3) is 0.286. The fourth-order valence-electron chi connectivity index (χ4n) is 4.76. The van der Waals surface area contributed by atoms with Crippen LogP contribution in [0.4, 0.5) is 0 Å². The van der Waals surface area contributed by atoms with Crippen LogP contribution < -0.4 is 9.47 Å². The first-order valence-corrected chi connectivity index (χ1v) is 15.6. The number of hydrogen-bond donors (Lipinski definition) is 0. The highest BCUT2D eigenvalue weighted by Gasteiger charge is 2.27. The van der Waals surface area contributed by atoms with E-state index in [-0.39, 0.29) is 12.4 Å². The third kappa shape index (κ3) is 8.79. The quantitative estimate of drug-likeness (QED) is 0.150. The lowest BCUT2D eigenvalue weighted by Crippen LogP contribution is -2.19. The topological polar surface area (TPSA) is 115 Å². The summed E-state index contributed by atoms with van der Waals surface area (Å²) >= 11 is 1.67. The third-order valence-corrected chi connectivity index (χ3v) is 7.67. The average Bonchev–Trinajstić information content (AvgIpc) is 3.59. The maximum absolute atomic E-state index is 13.5. The number of hydrogen-bond acceptors (Lipinski definition) is 9. The molecule has 10 nitrogen and oxygen atoms in total. The summed E-state index contributed by atoms with van der Waals surface area (Å²) in [5.41, 5.74) is 4.50. The molecule has 2 amide bonds. The van der Waals surface area contributed by atoms with Crippen LogP contribution in [0.25, 0.3) is 22.6 Å². The van der Waals surface area contributed by atoms with Crippen molar-refractivity contribution in [2.45, 2.75) is 19.3 Å². The number of ketones is 1. The smallest absolute Gasteiger partial charge is 0.339 e. The van der Waals surface area contributed by atoms with Gasteiger partial charge < -0.3 is 24.0 Å². The lowest BCUT2D eigenvalue weighted by atomic mass is 9.86. The Labute approximate surface area is 272 Å². The molecule has 4 aromatic rings. The predicted molar refractivity (Wildman–Crippen MR) is 178 cm³/mol. The molecule has 2 aromatic heterocycles. The zero-order valence-electron chi connectivity index (χ0n) is 26.4. The molecule has 0 unspecified atom stereocenters. The van der Waals surface area contributed by atoms with Crippen molar-refractivity contribution in [3.05, 3.63) is 87.2 Å². The summed E-state index contributed by atoms with van der Waals surface area (Å²) in [5.74, 6) is 0.327. The molecule has 0 spiro atoms. The van der Waals surface area contributed by atoms with Crippen molar-refractivity contribution in [2.75, 3.05) is 48.0 Å². The number of Topliss-reactive ketones (excluding diaryl/α,β-unsaturated/α-hetero) is 1. The number of thiophene rings is 1. The maximum Gasteiger partial charge on any atom is 0.339 e. The molecule has 3 heterocycles. The number of carbonyl (C=O) groups is 4. The van der Waals surface area contributed by atoms with Crippen LogP contribution in [0.2, 0.25) is 0 Å². The Balaban J connectivity index is 0.000000421. The number of carbonyl (C=O) groups excluding carboxylic acids is 4. The minimum absolute atomic E-state index is 0.300. The summed E-state index contributed by atoms with van der Waals surface area (Å²) in [4.78, 5) is 54.2. The van der Waals surface area contributed by atoms with E-state index < -0.39 is 5.97 Å². The molecule has 0 fully saturated rings. The van der Waals surface area contributed by atoms with Gasteiger partial charge in [-0.3, -0.25) is 14.4 Å². The van der Waals surface area contributed by atoms with Gasteiger partial charge in [0.05, 0.1) is 16.8 Å². The van der Waals surface area contributed by atoms with Crippen LogP contribution in [0.1, 0.15) is 49.7 Å². The molecule has 0 atom stereocenters. The molecular formula is C35H37N3O7S. The molecule has 0 saturated heterocycles. The van der Waals surface area contributed by atoms with Gasteiger partial charge in [0, 0.05) is 44.0 Å². The molecule has 0 saturated carbocycles. The standard InChI is InChI=1S/C29H23NO5S.2C3H7NO/c31-24(18-10-11-25-26(16-18)34-13-12-33-25)17-35-29(32)27-21-7-1-2-9-23(21)30-28-19(5-3-8-22(27)28)15-20-6-4-14-36-20;2*1-4(2)3-5/h1-2,4,6-7,9-11,14-16H,3,5,8,12-13,17H2;2*3H,1-2H3. The van der Waals surface area contributed by atoms with Crippen LogP contribution in [0, 0.1) is 0 Å². The van der Waals surface area contributed by atoms with E-state index in [2.05, 4.69) is 12.1 Å². The number of benzene rings is 2. The van der Waals surface area contributed by atoms with Gasteiger partial charge in [-0.15, -0.1) is 11.3 Å². The fourth-order valence-corrected chi connectivity index (χ4v) is 5.44. The van der Waals surface area contributed by atoms with E-state index in [1.807, 2.05) is 35.7 Å². The van der Waals surface area contributed by atoms with Crippen molar-refractivity contribution in [1.29, 1.82) is 0 Å². The van der Waals surface area contributed by atoms with E-state index in [0.717, 1.165) is 64.7 Å². The molecule has 1 aliphatic carbocycles.